The first-order valence-electron chi connectivity index (χ1n) is 5.27. The van der Waals surface area contributed by atoms with E-state index in [0.717, 1.165) is 12.3 Å². The Labute approximate surface area is 119 Å². The van der Waals surface area contributed by atoms with Gasteiger partial charge in [-0.3, -0.25) is 9.78 Å². The molecule has 0 aliphatic carbocycles. The molecule has 3 nitrogen and oxygen atoms in total. The normalized spacial score (nSPS) is 10.6. The summed E-state index contributed by atoms with van der Waals surface area (Å²) < 4.78 is 65.5. The predicted molar refractivity (Wildman–Crippen MR) is 63.4 cm³/mol. The van der Waals surface area contributed by atoms with Crippen molar-refractivity contribution in [1.29, 1.82) is 0 Å². The Morgan fingerprint density at radius 3 is 2.05 bits per heavy atom. The van der Waals surface area contributed by atoms with Crippen molar-refractivity contribution in [3.63, 3.8) is 0 Å². The van der Waals surface area contributed by atoms with Crippen LogP contribution in [0.4, 0.5) is 27.6 Å². The van der Waals surface area contributed by atoms with Crippen LogP contribution in [0.3, 0.4) is 0 Å². The highest BCUT2D eigenvalue weighted by Crippen LogP contribution is 2.27. The van der Waals surface area contributed by atoms with E-state index in [4.69, 9.17) is 11.6 Å². The minimum Gasteiger partial charge on any atom is -0.316 e. The van der Waals surface area contributed by atoms with E-state index in [2.05, 4.69) is 4.98 Å². The second kappa shape index (κ2) is 5.65. The summed E-state index contributed by atoms with van der Waals surface area (Å²) in [6.07, 6.45) is 1.13. The zero-order valence-corrected chi connectivity index (χ0v) is 10.6. The molecule has 110 valence electrons. The Kier molecular flexibility index (Phi) is 4.08. The molecule has 0 radical (unpaired) electrons. The molecule has 1 aromatic heterocycles. The Morgan fingerprint density at radius 1 is 1.00 bits per heavy atom. The number of halogens is 6. The van der Waals surface area contributed by atoms with Crippen LogP contribution in [0, 0.1) is 29.1 Å². The third kappa shape index (κ3) is 2.80. The zero-order valence-electron chi connectivity index (χ0n) is 9.86. The van der Waals surface area contributed by atoms with Gasteiger partial charge in [-0.1, -0.05) is 11.6 Å². The Hall–Kier alpha value is -2.22. The second-order valence-corrected chi connectivity index (χ2v) is 4.19. The summed E-state index contributed by atoms with van der Waals surface area (Å²) in [4.78, 5) is 15.2. The van der Waals surface area contributed by atoms with E-state index < -0.39 is 40.7 Å². The molecule has 2 aromatic rings. The number of carbonyl (C=O) groups is 1. The number of aromatic nitrogens is 1. The highest BCUT2D eigenvalue weighted by Gasteiger charge is 2.27. The van der Waals surface area contributed by atoms with Crippen molar-refractivity contribution < 1.29 is 26.7 Å². The Bertz CT molecular complexity index is 709. The summed E-state index contributed by atoms with van der Waals surface area (Å²) in [6.45, 7) is 0. The molecular formula is C12H4ClF5N2O. The van der Waals surface area contributed by atoms with Gasteiger partial charge >= 0.3 is 0 Å². The minimum absolute atomic E-state index is 0.104. The maximum absolute atomic E-state index is 13.4. The van der Waals surface area contributed by atoms with Gasteiger partial charge in [-0.25, -0.2) is 22.0 Å². The molecule has 0 saturated carbocycles. The van der Waals surface area contributed by atoms with Crippen molar-refractivity contribution in [3.8, 4) is 0 Å². The van der Waals surface area contributed by atoms with Crippen LogP contribution >= 0.6 is 11.6 Å². The first kappa shape index (κ1) is 15.2. The van der Waals surface area contributed by atoms with Gasteiger partial charge in [0.1, 0.15) is 11.4 Å². The van der Waals surface area contributed by atoms with Crippen LogP contribution in [-0.4, -0.2) is 10.9 Å². The highest BCUT2D eigenvalue weighted by atomic mass is 35.5. The second-order valence-electron chi connectivity index (χ2n) is 3.76. The molecule has 0 fully saturated rings. The van der Waals surface area contributed by atoms with Crippen molar-refractivity contribution in [2.45, 2.75) is 0 Å². The molecule has 0 aliphatic heterocycles. The highest BCUT2D eigenvalue weighted by molar-refractivity contribution is 6.30. The number of amides is 1. The van der Waals surface area contributed by atoms with Crippen LogP contribution in [0.15, 0.2) is 18.3 Å². The summed E-state index contributed by atoms with van der Waals surface area (Å²) in [5, 5.41) is 1.68. The molecule has 0 unspecified atom stereocenters. The van der Waals surface area contributed by atoms with Crippen molar-refractivity contribution in [3.05, 3.63) is 58.1 Å². The fourth-order valence-corrected chi connectivity index (χ4v) is 1.58. The number of benzene rings is 1. The van der Waals surface area contributed by atoms with Gasteiger partial charge in [0.15, 0.2) is 23.3 Å². The molecule has 0 aliphatic rings. The van der Waals surface area contributed by atoms with Crippen LogP contribution in [0.5, 0.6) is 0 Å². The maximum Gasteiger partial charge on any atom is 0.274 e. The van der Waals surface area contributed by atoms with Gasteiger partial charge in [-0.15, -0.1) is 0 Å². The number of pyridine rings is 1. The van der Waals surface area contributed by atoms with Crippen LogP contribution < -0.4 is 5.32 Å². The zero-order chi connectivity index (χ0) is 15.7. The quantitative estimate of drug-likeness (QED) is 0.520. The lowest BCUT2D eigenvalue weighted by Gasteiger charge is -2.09. The van der Waals surface area contributed by atoms with E-state index in [1.807, 2.05) is 0 Å². The first-order chi connectivity index (χ1) is 9.82. The lowest BCUT2D eigenvalue weighted by Crippen LogP contribution is -2.18. The summed E-state index contributed by atoms with van der Waals surface area (Å²) in [6, 6.07) is 2.39. The van der Waals surface area contributed by atoms with Gasteiger partial charge in [0.25, 0.3) is 5.91 Å². The number of hydrogen-bond donors (Lipinski definition) is 1. The minimum atomic E-state index is -2.32. The number of nitrogens with one attached hydrogen (secondary N) is 1. The van der Waals surface area contributed by atoms with Crippen LogP contribution in [0.2, 0.25) is 5.02 Å². The largest absolute Gasteiger partial charge is 0.316 e. The molecule has 0 spiro atoms. The monoisotopic (exact) mass is 322 g/mol. The van der Waals surface area contributed by atoms with E-state index in [1.165, 1.54) is 6.07 Å². The average molecular weight is 323 g/mol. The van der Waals surface area contributed by atoms with E-state index in [9.17, 15) is 26.7 Å². The van der Waals surface area contributed by atoms with Crippen molar-refractivity contribution >= 4 is 23.2 Å². The average Bonchev–Trinajstić information content (AvgIpc) is 2.47. The standard InChI is InChI=1S/C12H4ClF5N2O/c13-4-1-2-19-5(3-4)12(21)20-11-9(17)7(15)6(14)8(16)10(11)18/h1-3H,(H,20,21). The molecule has 21 heavy (non-hydrogen) atoms. The van der Waals surface area contributed by atoms with Crippen LogP contribution in [0.1, 0.15) is 10.5 Å². The molecular weight excluding hydrogens is 319 g/mol. The Morgan fingerprint density at radius 2 is 1.52 bits per heavy atom. The van der Waals surface area contributed by atoms with Gasteiger partial charge in [0.05, 0.1) is 0 Å². The van der Waals surface area contributed by atoms with Crippen LogP contribution in [-0.2, 0) is 0 Å². The van der Waals surface area contributed by atoms with E-state index >= 15 is 0 Å². The molecule has 0 atom stereocenters. The van der Waals surface area contributed by atoms with Gasteiger partial charge in [-0.2, -0.15) is 0 Å². The molecule has 2 rings (SSSR count). The fraction of sp³-hybridized carbons (Fsp3) is 0. The van der Waals surface area contributed by atoms with E-state index in [0.29, 0.717) is 0 Å². The fourth-order valence-electron chi connectivity index (χ4n) is 1.42. The number of carbonyl (C=O) groups excluding carboxylic acids is 1. The van der Waals surface area contributed by atoms with E-state index in [-0.39, 0.29) is 10.7 Å². The number of anilines is 1. The molecule has 1 N–H and O–H groups in total. The van der Waals surface area contributed by atoms with Gasteiger partial charge in [0.2, 0.25) is 5.82 Å². The van der Waals surface area contributed by atoms with Gasteiger partial charge in [0, 0.05) is 11.2 Å². The SMILES string of the molecule is O=C(Nc1c(F)c(F)c(F)c(F)c1F)c1cc(Cl)ccn1. The van der Waals surface area contributed by atoms with E-state index in [1.54, 1.807) is 5.32 Å². The summed E-state index contributed by atoms with van der Waals surface area (Å²) >= 11 is 5.59. The lowest BCUT2D eigenvalue weighted by atomic mass is 10.2. The maximum atomic E-state index is 13.4. The number of nitrogens with zero attached hydrogens (tertiary/aromatic N) is 1. The van der Waals surface area contributed by atoms with Crippen molar-refractivity contribution in [2.24, 2.45) is 0 Å². The Balaban J connectivity index is 2.43. The van der Waals surface area contributed by atoms with Gasteiger partial charge < -0.3 is 5.32 Å². The predicted octanol–water partition coefficient (Wildman–Crippen LogP) is 3.68. The summed E-state index contributed by atoms with van der Waals surface area (Å²) in [5.74, 6) is -12.1. The first-order valence-corrected chi connectivity index (χ1v) is 5.65. The number of rotatable bonds is 2. The third-order valence-electron chi connectivity index (χ3n) is 2.40. The summed E-state index contributed by atoms with van der Waals surface area (Å²) in [7, 11) is 0. The van der Waals surface area contributed by atoms with Crippen molar-refractivity contribution in [1.82, 2.24) is 4.98 Å². The smallest absolute Gasteiger partial charge is 0.274 e. The molecule has 9 heteroatoms. The van der Waals surface area contributed by atoms with Crippen molar-refractivity contribution in [2.75, 3.05) is 5.32 Å². The molecule has 1 heterocycles. The molecule has 1 aromatic carbocycles. The molecule has 0 bridgehead atoms. The molecule has 0 saturated heterocycles. The van der Waals surface area contributed by atoms with Gasteiger partial charge in [-0.05, 0) is 12.1 Å². The molecule has 1 amide bonds. The topological polar surface area (TPSA) is 42.0 Å². The number of hydrogen-bond acceptors (Lipinski definition) is 2. The lowest BCUT2D eigenvalue weighted by molar-refractivity contribution is 0.102. The van der Waals surface area contributed by atoms with Crippen LogP contribution in [0.25, 0.3) is 0 Å². The summed E-state index contributed by atoms with van der Waals surface area (Å²) in [5.41, 5.74) is -1.82. The third-order valence-corrected chi connectivity index (χ3v) is 2.64.